The van der Waals surface area contributed by atoms with Gasteiger partial charge in [-0.3, -0.25) is 4.79 Å². The van der Waals surface area contributed by atoms with Crippen molar-refractivity contribution in [2.45, 2.75) is 31.6 Å². The minimum absolute atomic E-state index is 0.00754. The predicted octanol–water partition coefficient (Wildman–Crippen LogP) is 5.54. The van der Waals surface area contributed by atoms with Crippen LogP contribution in [0.15, 0.2) is 89.5 Å². The summed E-state index contributed by atoms with van der Waals surface area (Å²) in [6.45, 7) is 0.600. The summed E-state index contributed by atoms with van der Waals surface area (Å²) < 4.78 is 18.3. The molecular weight excluding hydrogens is 417 g/mol. The second-order valence-electron chi connectivity index (χ2n) is 7.88. The zero-order valence-corrected chi connectivity index (χ0v) is 18.3. The van der Waals surface area contributed by atoms with Crippen LogP contribution in [0.3, 0.4) is 0 Å². The summed E-state index contributed by atoms with van der Waals surface area (Å²) in [6, 6.07) is 26.6. The Labute approximate surface area is 192 Å². The van der Waals surface area contributed by atoms with Gasteiger partial charge in [-0.15, -0.1) is 0 Å². The first-order valence-electron chi connectivity index (χ1n) is 11.1. The molecule has 0 saturated carbocycles. The second-order valence-corrected chi connectivity index (χ2v) is 7.88. The van der Waals surface area contributed by atoms with Crippen molar-refractivity contribution in [2.75, 3.05) is 6.54 Å². The van der Waals surface area contributed by atoms with Crippen LogP contribution in [0.1, 0.15) is 42.2 Å². The van der Waals surface area contributed by atoms with E-state index in [1.807, 2.05) is 36.4 Å². The molecule has 0 fully saturated rings. The van der Waals surface area contributed by atoms with E-state index in [2.05, 4.69) is 39.7 Å². The van der Waals surface area contributed by atoms with Crippen molar-refractivity contribution in [3.05, 3.63) is 108 Å². The molecule has 3 aromatic carbocycles. The number of halogens is 1. The molecule has 0 bridgehead atoms. The molecule has 33 heavy (non-hydrogen) atoms. The van der Waals surface area contributed by atoms with Crippen molar-refractivity contribution in [1.82, 2.24) is 15.5 Å². The zero-order valence-electron chi connectivity index (χ0n) is 18.3. The minimum atomic E-state index is -0.313. The smallest absolute Gasteiger partial charge is 0.226 e. The van der Waals surface area contributed by atoms with Crippen LogP contribution in [0.2, 0.25) is 0 Å². The first-order valence-corrected chi connectivity index (χ1v) is 11.1. The lowest BCUT2D eigenvalue weighted by atomic mass is 9.88. The Morgan fingerprint density at radius 3 is 2.18 bits per heavy atom. The molecule has 168 valence electrons. The Kier molecular flexibility index (Phi) is 7.59. The largest absolute Gasteiger partial charge is 0.356 e. The van der Waals surface area contributed by atoms with E-state index in [0.29, 0.717) is 43.1 Å². The molecule has 0 aliphatic carbocycles. The Bertz CT molecular complexity index is 1110. The summed E-state index contributed by atoms with van der Waals surface area (Å²) >= 11 is 0. The summed E-state index contributed by atoms with van der Waals surface area (Å²) in [5.74, 6) is 0.814. The van der Waals surface area contributed by atoms with Gasteiger partial charge in [0.2, 0.25) is 17.6 Å². The molecule has 4 aromatic rings. The number of rotatable bonds is 10. The van der Waals surface area contributed by atoms with Crippen LogP contribution in [-0.2, 0) is 11.2 Å². The van der Waals surface area contributed by atoms with Crippen LogP contribution in [-0.4, -0.2) is 22.6 Å². The fraction of sp³-hybridized carbons (Fsp3) is 0.222. The first kappa shape index (κ1) is 22.4. The van der Waals surface area contributed by atoms with Crippen LogP contribution < -0.4 is 5.32 Å². The lowest BCUT2D eigenvalue weighted by Crippen LogP contribution is -2.25. The number of nitrogens with one attached hydrogen (secondary N) is 1. The highest BCUT2D eigenvalue weighted by molar-refractivity contribution is 5.75. The van der Waals surface area contributed by atoms with E-state index in [1.54, 1.807) is 12.1 Å². The quantitative estimate of drug-likeness (QED) is 0.350. The summed E-state index contributed by atoms with van der Waals surface area (Å²) in [4.78, 5) is 16.7. The fourth-order valence-corrected chi connectivity index (χ4v) is 3.81. The van der Waals surface area contributed by atoms with Gasteiger partial charge in [0.15, 0.2) is 0 Å². The first-order chi connectivity index (χ1) is 16.2. The normalized spacial score (nSPS) is 11.0. The molecular formula is C27H26FN3O2. The third kappa shape index (κ3) is 6.35. The molecule has 6 heteroatoms. The average Bonchev–Trinajstić information content (AvgIpc) is 3.32. The SMILES string of the molecule is O=C(CCCc1nc(-c2ccc(F)cc2)no1)NCCC(c1ccccc1)c1ccccc1. The summed E-state index contributed by atoms with van der Waals surface area (Å²) in [7, 11) is 0. The number of benzene rings is 3. The van der Waals surface area contributed by atoms with Gasteiger partial charge < -0.3 is 9.84 Å². The zero-order chi connectivity index (χ0) is 22.9. The van der Waals surface area contributed by atoms with Crippen LogP contribution in [0.25, 0.3) is 11.4 Å². The summed E-state index contributed by atoms with van der Waals surface area (Å²) in [5.41, 5.74) is 3.17. The lowest BCUT2D eigenvalue weighted by molar-refractivity contribution is -0.121. The van der Waals surface area contributed by atoms with Crippen LogP contribution in [0.4, 0.5) is 4.39 Å². The van der Waals surface area contributed by atoms with Gasteiger partial charge in [-0.1, -0.05) is 65.8 Å². The second kappa shape index (κ2) is 11.2. The Morgan fingerprint density at radius 1 is 0.909 bits per heavy atom. The number of carbonyl (C=O) groups excluding carboxylic acids is 1. The maximum atomic E-state index is 13.1. The van der Waals surface area contributed by atoms with Gasteiger partial charge in [0.25, 0.3) is 0 Å². The average molecular weight is 444 g/mol. The van der Waals surface area contributed by atoms with Gasteiger partial charge in [0.05, 0.1) is 0 Å². The van der Waals surface area contributed by atoms with Gasteiger partial charge in [-0.25, -0.2) is 4.39 Å². The maximum absolute atomic E-state index is 13.1. The van der Waals surface area contributed by atoms with E-state index in [-0.39, 0.29) is 17.6 Å². The third-order valence-electron chi connectivity index (χ3n) is 5.52. The highest BCUT2D eigenvalue weighted by Gasteiger charge is 2.14. The molecule has 1 aromatic heterocycles. The lowest BCUT2D eigenvalue weighted by Gasteiger charge is -2.18. The van der Waals surface area contributed by atoms with E-state index < -0.39 is 0 Å². The molecule has 0 radical (unpaired) electrons. The molecule has 1 heterocycles. The van der Waals surface area contributed by atoms with Crippen molar-refractivity contribution in [3.63, 3.8) is 0 Å². The van der Waals surface area contributed by atoms with Gasteiger partial charge in [-0.05, 0) is 48.2 Å². The fourth-order valence-electron chi connectivity index (χ4n) is 3.81. The van der Waals surface area contributed by atoms with Gasteiger partial charge in [0.1, 0.15) is 5.82 Å². The number of amides is 1. The Balaban J connectivity index is 1.23. The van der Waals surface area contributed by atoms with Crippen molar-refractivity contribution in [2.24, 2.45) is 0 Å². The molecule has 0 atom stereocenters. The van der Waals surface area contributed by atoms with Gasteiger partial charge in [-0.2, -0.15) is 4.98 Å². The van der Waals surface area contributed by atoms with E-state index in [4.69, 9.17) is 4.52 Å². The van der Waals surface area contributed by atoms with Crippen LogP contribution in [0, 0.1) is 5.82 Å². The Hall–Kier alpha value is -3.80. The highest BCUT2D eigenvalue weighted by atomic mass is 19.1. The molecule has 1 N–H and O–H groups in total. The van der Waals surface area contributed by atoms with Gasteiger partial charge in [0, 0.05) is 30.9 Å². The van der Waals surface area contributed by atoms with E-state index in [0.717, 1.165) is 6.42 Å². The predicted molar refractivity (Wildman–Crippen MR) is 125 cm³/mol. The molecule has 0 aliphatic rings. The monoisotopic (exact) mass is 443 g/mol. The molecule has 1 amide bonds. The highest BCUT2D eigenvalue weighted by Crippen LogP contribution is 2.27. The van der Waals surface area contributed by atoms with Crippen LogP contribution >= 0.6 is 0 Å². The third-order valence-corrected chi connectivity index (χ3v) is 5.52. The van der Waals surface area contributed by atoms with Crippen molar-refractivity contribution in [1.29, 1.82) is 0 Å². The number of hydrogen-bond donors (Lipinski definition) is 1. The molecule has 0 aliphatic heterocycles. The van der Waals surface area contributed by atoms with E-state index >= 15 is 0 Å². The van der Waals surface area contributed by atoms with Crippen molar-refractivity contribution in [3.8, 4) is 11.4 Å². The summed E-state index contributed by atoms with van der Waals surface area (Å²) in [5, 5.41) is 6.97. The molecule has 4 rings (SSSR count). The number of hydrogen-bond acceptors (Lipinski definition) is 4. The topological polar surface area (TPSA) is 68.0 Å². The van der Waals surface area contributed by atoms with Crippen molar-refractivity contribution < 1.29 is 13.7 Å². The van der Waals surface area contributed by atoms with Crippen LogP contribution in [0.5, 0.6) is 0 Å². The maximum Gasteiger partial charge on any atom is 0.226 e. The summed E-state index contributed by atoms with van der Waals surface area (Å²) in [6.07, 6.45) is 2.33. The standard InChI is InChI=1S/C27H26FN3O2/c28-23-16-14-22(15-17-23)27-30-26(33-31-27)13-7-12-25(32)29-19-18-24(20-8-3-1-4-9-20)21-10-5-2-6-11-21/h1-6,8-11,14-17,24H,7,12-13,18-19H2,(H,29,32). The molecule has 0 unspecified atom stereocenters. The van der Waals surface area contributed by atoms with E-state index in [1.165, 1.54) is 23.3 Å². The number of aromatic nitrogens is 2. The minimum Gasteiger partial charge on any atom is -0.356 e. The number of carbonyl (C=O) groups is 1. The molecule has 0 spiro atoms. The van der Waals surface area contributed by atoms with Gasteiger partial charge >= 0.3 is 0 Å². The number of nitrogens with zero attached hydrogens (tertiary/aromatic N) is 2. The molecule has 5 nitrogen and oxygen atoms in total. The van der Waals surface area contributed by atoms with E-state index in [9.17, 15) is 9.18 Å². The Morgan fingerprint density at radius 2 is 1.55 bits per heavy atom. The molecule has 0 saturated heterocycles. The number of aryl methyl sites for hydroxylation is 1. The van der Waals surface area contributed by atoms with Crippen molar-refractivity contribution >= 4 is 5.91 Å².